The molecule has 1 atom stereocenters. The summed E-state index contributed by atoms with van der Waals surface area (Å²) in [5.74, 6) is 0. The summed E-state index contributed by atoms with van der Waals surface area (Å²) in [5.41, 5.74) is 3.80. The molecule has 0 spiro atoms. The maximum Gasteiger partial charge on any atom is 0.0639 e. The van der Waals surface area contributed by atoms with Crippen LogP contribution in [0.1, 0.15) is 22.1 Å². The molecule has 20 heavy (non-hydrogen) atoms. The molecule has 102 valence electrons. The van der Waals surface area contributed by atoms with E-state index in [-0.39, 0.29) is 5.38 Å². The summed E-state index contributed by atoms with van der Waals surface area (Å²) in [7, 11) is 0. The van der Waals surface area contributed by atoms with Gasteiger partial charge >= 0.3 is 0 Å². The Morgan fingerprint density at radius 3 is 2.80 bits per heavy atom. The molecule has 0 amide bonds. The zero-order valence-corrected chi connectivity index (χ0v) is 14.2. The number of thiophene rings is 1. The summed E-state index contributed by atoms with van der Waals surface area (Å²) in [6.45, 7) is 2.11. The molecule has 0 aliphatic heterocycles. The summed E-state index contributed by atoms with van der Waals surface area (Å²) < 4.78 is 2.42. The van der Waals surface area contributed by atoms with E-state index in [1.807, 2.05) is 0 Å². The van der Waals surface area contributed by atoms with Gasteiger partial charge in [0.1, 0.15) is 0 Å². The fourth-order valence-electron chi connectivity index (χ4n) is 2.44. The van der Waals surface area contributed by atoms with Gasteiger partial charge in [0, 0.05) is 9.17 Å². The zero-order chi connectivity index (χ0) is 14.1. The molecule has 2 aromatic carbocycles. The molecular weight excluding hydrogens is 352 g/mol. The number of benzene rings is 2. The van der Waals surface area contributed by atoms with Crippen LogP contribution in [0.25, 0.3) is 10.1 Å². The summed E-state index contributed by atoms with van der Waals surface area (Å²) in [6, 6.07) is 14.9. The van der Waals surface area contributed by atoms with E-state index >= 15 is 0 Å². The van der Waals surface area contributed by atoms with E-state index in [2.05, 4.69) is 70.7 Å². The van der Waals surface area contributed by atoms with Gasteiger partial charge in [0.2, 0.25) is 0 Å². The molecule has 1 unspecified atom stereocenters. The number of alkyl halides is 1. The molecule has 3 aromatic rings. The highest BCUT2D eigenvalue weighted by atomic mass is 79.9. The maximum absolute atomic E-state index is 6.66. The second-order valence-corrected chi connectivity index (χ2v) is 7.23. The van der Waals surface area contributed by atoms with Crippen LogP contribution in [0.5, 0.6) is 0 Å². The van der Waals surface area contributed by atoms with Gasteiger partial charge in [-0.25, -0.2) is 0 Å². The topological polar surface area (TPSA) is 0 Å². The van der Waals surface area contributed by atoms with Gasteiger partial charge in [-0.15, -0.1) is 22.9 Å². The maximum atomic E-state index is 6.66. The van der Waals surface area contributed by atoms with Gasteiger partial charge in [-0.05, 0) is 57.2 Å². The highest BCUT2D eigenvalue weighted by molar-refractivity contribution is 9.10. The van der Waals surface area contributed by atoms with Gasteiger partial charge in [0.15, 0.2) is 0 Å². The standard InChI is InChI=1S/C17H14BrClS/c1-11-4-2-5-12(8-11)9-16(19)14-10-20-17-13(14)6-3-7-15(17)18/h2-8,10,16H,9H2,1H3. The second-order valence-electron chi connectivity index (χ2n) is 4.97. The molecule has 1 aromatic heterocycles. The summed E-state index contributed by atoms with van der Waals surface area (Å²) in [6.07, 6.45) is 0.863. The molecule has 0 radical (unpaired) electrons. The highest BCUT2D eigenvalue weighted by Crippen LogP contribution is 2.38. The van der Waals surface area contributed by atoms with Crippen LogP contribution in [0.15, 0.2) is 52.3 Å². The Bertz CT molecular complexity index is 748. The lowest BCUT2D eigenvalue weighted by atomic mass is 10.0. The van der Waals surface area contributed by atoms with Crippen molar-refractivity contribution in [2.75, 3.05) is 0 Å². The second kappa shape index (κ2) is 5.88. The van der Waals surface area contributed by atoms with Crippen molar-refractivity contribution in [1.29, 1.82) is 0 Å². The third-order valence-electron chi connectivity index (χ3n) is 3.42. The van der Waals surface area contributed by atoms with Crippen LogP contribution in [0.4, 0.5) is 0 Å². The molecule has 0 aliphatic rings. The summed E-state index contributed by atoms with van der Waals surface area (Å²) in [5, 5.41) is 3.46. The number of hydrogen-bond donors (Lipinski definition) is 0. The van der Waals surface area contributed by atoms with Crippen molar-refractivity contribution in [3.8, 4) is 0 Å². The van der Waals surface area contributed by atoms with Crippen LogP contribution in [0.2, 0.25) is 0 Å². The quantitative estimate of drug-likeness (QED) is 0.465. The molecule has 0 fully saturated rings. The van der Waals surface area contributed by atoms with E-state index in [9.17, 15) is 0 Å². The number of aryl methyl sites for hydroxylation is 1. The Morgan fingerprint density at radius 1 is 1.20 bits per heavy atom. The van der Waals surface area contributed by atoms with Crippen LogP contribution < -0.4 is 0 Å². The summed E-state index contributed by atoms with van der Waals surface area (Å²) in [4.78, 5) is 0. The Labute approximate surface area is 136 Å². The SMILES string of the molecule is Cc1cccc(CC(Cl)c2csc3c(Br)cccc23)c1. The van der Waals surface area contributed by atoms with Crippen LogP contribution in [-0.2, 0) is 6.42 Å². The van der Waals surface area contributed by atoms with Gasteiger partial charge in [-0.3, -0.25) is 0 Å². The van der Waals surface area contributed by atoms with Gasteiger partial charge in [0.25, 0.3) is 0 Å². The summed E-state index contributed by atoms with van der Waals surface area (Å²) >= 11 is 12.0. The van der Waals surface area contributed by atoms with E-state index in [0.29, 0.717) is 0 Å². The minimum Gasteiger partial charge on any atom is -0.142 e. The van der Waals surface area contributed by atoms with E-state index < -0.39 is 0 Å². The first-order valence-electron chi connectivity index (χ1n) is 6.50. The molecule has 0 saturated carbocycles. The van der Waals surface area contributed by atoms with Crippen molar-refractivity contribution in [2.45, 2.75) is 18.7 Å². The van der Waals surface area contributed by atoms with Crippen LogP contribution in [-0.4, -0.2) is 0 Å². The Morgan fingerprint density at radius 2 is 2.00 bits per heavy atom. The van der Waals surface area contributed by atoms with Crippen LogP contribution in [0.3, 0.4) is 0 Å². The average molecular weight is 366 g/mol. The lowest BCUT2D eigenvalue weighted by molar-refractivity contribution is 0.930. The van der Waals surface area contributed by atoms with Crippen LogP contribution in [0, 0.1) is 6.92 Å². The van der Waals surface area contributed by atoms with Crippen molar-refractivity contribution in [2.24, 2.45) is 0 Å². The van der Waals surface area contributed by atoms with Crippen molar-refractivity contribution >= 4 is 49.0 Å². The molecule has 1 heterocycles. The van der Waals surface area contributed by atoms with Crippen molar-refractivity contribution in [3.63, 3.8) is 0 Å². The molecule has 0 aliphatic carbocycles. The molecule has 0 saturated heterocycles. The minimum absolute atomic E-state index is 0.0137. The normalized spacial score (nSPS) is 12.8. The number of hydrogen-bond acceptors (Lipinski definition) is 1. The van der Waals surface area contributed by atoms with Gasteiger partial charge < -0.3 is 0 Å². The van der Waals surface area contributed by atoms with Gasteiger partial charge in [0.05, 0.1) is 5.38 Å². The number of rotatable bonds is 3. The monoisotopic (exact) mass is 364 g/mol. The first-order valence-corrected chi connectivity index (χ1v) is 8.61. The Hall–Kier alpha value is -0.830. The number of fused-ring (bicyclic) bond motifs is 1. The third-order valence-corrected chi connectivity index (χ3v) is 5.78. The molecule has 0 bridgehead atoms. The van der Waals surface area contributed by atoms with Crippen LogP contribution >= 0.6 is 38.9 Å². The molecular formula is C17H14BrClS. The van der Waals surface area contributed by atoms with Crippen molar-refractivity contribution in [1.82, 2.24) is 0 Å². The average Bonchev–Trinajstić information content (AvgIpc) is 2.84. The van der Waals surface area contributed by atoms with Crippen molar-refractivity contribution < 1.29 is 0 Å². The van der Waals surface area contributed by atoms with Gasteiger partial charge in [-0.2, -0.15) is 0 Å². The molecule has 0 nitrogen and oxygen atoms in total. The van der Waals surface area contributed by atoms with E-state index in [4.69, 9.17) is 11.6 Å². The smallest absolute Gasteiger partial charge is 0.0639 e. The van der Waals surface area contributed by atoms with E-state index in [1.54, 1.807) is 11.3 Å². The first kappa shape index (κ1) is 14.1. The predicted molar refractivity (Wildman–Crippen MR) is 93.0 cm³/mol. The number of halogens is 2. The largest absolute Gasteiger partial charge is 0.142 e. The molecule has 3 rings (SSSR count). The zero-order valence-electron chi connectivity index (χ0n) is 11.1. The fourth-order valence-corrected chi connectivity index (χ4v) is 4.55. The first-order chi connectivity index (χ1) is 9.65. The third kappa shape index (κ3) is 2.78. The Kier molecular flexibility index (Phi) is 4.16. The van der Waals surface area contributed by atoms with E-state index in [0.717, 1.165) is 10.9 Å². The molecule has 3 heteroatoms. The fraction of sp³-hybridized carbons (Fsp3) is 0.176. The van der Waals surface area contributed by atoms with E-state index in [1.165, 1.54) is 26.8 Å². The minimum atomic E-state index is 0.0137. The van der Waals surface area contributed by atoms with Crippen molar-refractivity contribution in [3.05, 3.63) is 69.0 Å². The lowest BCUT2D eigenvalue weighted by Crippen LogP contribution is -1.95. The molecule has 0 N–H and O–H groups in total. The van der Waals surface area contributed by atoms with Gasteiger partial charge in [-0.1, -0.05) is 42.0 Å². The lowest BCUT2D eigenvalue weighted by Gasteiger charge is -2.10. The highest BCUT2D eigenvalue weighted by Gasteiger charge is 2.15. The predicted octanol–water partition coefficient (Wildman–Crippen LogP) is 6.49. The Balaban J connectivity index is 1.93.